The van der Waals surface area contributed by atoms with Gasteiger partial charge in [0, 0.05) is 34.6 Å². The van der Waals surface area contributed by atoms with Gasteiger partial charge in [-0.3, -0.25) is 9.78 Å². The van der Waals surface area contributed by atoms with Gasteiger partial charge in [0.05, 0.1) is 29.5 Å². The summed E-state index contributed by atoms with van der Waals surface area (Å²) < 4.78 is 7.36. The van der Waals surface area contributed by atoms with Crippen molar-refractivity contribution in [2.75, 3.05) is 6.54 Å². The Morgan fingerprint density at radius 2 is 1.81 bits per heavy atom. The van der Waals surface area contributed by atoms with Gasteiger partial charge in [-0.15, -0.1) is 0 Å². The van der Waals surface area contributed by atoms with Crippen molar-refractivity contribution in [2.24, 2.45) is 0 Å². The smallest absolute Gasteiger partial charge is 0.251 e. The number of fused-ring (bicyclic) bond motifs is 1. The number of hydrogen-bond donors (Lipinski definition) is 1. The summed E-state index contributed by atoms with van der Waals surface area (Å²) in [6, 6.07) is 17.5. The molecule has 0 spiro atoms. The normalized spacial score (nSPS) is 11.2. The Balaban J connectivity index is 1.26. The van der Waals surface area contributed by atoms with Crippen molar-refractivity contribution < 1.29 is 9.32 Å². The number of benzene rings is 2. The Bertz CT molecular complexity index is 1510. The van der Waals surface area contributed by atoms with Crippen LogP contribution in [0.15, 0.2) is 76.7 Å². The van der Waals surface area contributed by atoms with E-state index < -0.39 is 0 Å². The number of imidazole rings is 1. The van der Waals surface area contributed by atoms with Crippen LogP contribution < -0.4 is 5.32 Å². The Kier molecular flexibility index (Phi) is 7.58. The molecule has 37 heavy (non-hydrogen) atoms. The van der Waals surface area contributed by atoms with E-state index in [-0.39, 0.29) is 5.91 Å². The number of pyridine rings is 1. The first-order valence-electron chi connectivity index (χ1n) is 11.9. The zero-order chi connectivity index (χ0) is 25.8. The van der Waals surface area contributed by atoms with E-state index in [2.05, 4.69) is 20.0 Å². The largest absolute Gasteiger partial charge is 0.361 e. The van der Waals surface area contributed by atoms with Gasteiger partial charge in [-0.1, -0.05) is 52.8 Å². The lowest BCUT2D eigenvalue weighted by Crippen LogP contribution is -2.25. The SMILES string of the molecule is Cc1noc(C)c1CCNC(=O)c1ccc(Cn2c(SCc3ccc(Cl)cc3)nc3ccncc32)cc1. The molecule has 1 amide bonds. The highest BCUT2D eigenvalue weighted by Crippen LogP contribution is 2.28. The molecule has 0 radical (unpaired) electrons. The summed E-state index contributed by atoms with van der Waals surface area (Å²) in [7, 11) is 0. The highest BCUT2D eigenvalue weighted by Gasteiger charge is 2.14. The third kappa shape index (κ3) is 5.87. The summed E-state index contributed by atoms with van der Waals surface area (Å²) in [5, 5.41) is 8.59. The monoisotopic (exact) mass is 531 g/mol. The Labute approximate surface area is 224 Å². The molecule has 0 saturated heterocycles. The molecule has 0 unspecified atom stereocenters. The van der Waals surface area contributed by atoms with Gasteiger partial charge in [-0.25, -0.2) is 4.98 Å². The predicted molar refractivity (Wildman–Crippen MR) is 146 cm³/mol. The third-order valence-corrected chi connectivity index (χ3v) is 7.49. The van der Waals surface area contributed by atoms with Crippen LogP contribution in [0.1, 0.15) is 38.5 Å². The number of carbonyl (C=O) groups excluding carboxylic acids is 1. The molecule has 188 valence electrons. The van der Waals surface area contributed by atoms with E-state index in [1.807, 2.05) is 74.6 Å². The summed E-state index contributed by atoms with van der Waals surface area (Å²) in [5.74, 6) is 1.47. The number of carbonyl (C=O) groups is 1. The van der Waals surface area contributed by atoms with E-state index in [0.717, 1.165) is 49.5 Å². The van der Waals surface area contributed by atoms with Crippen LogP contribution in [0, 0.1) is 13.8 Å². The quantitative estimate of drug-likeness (QED) is 0.235. The fraction of sp³-hybridized carbons (Fsp3) is 0.214. The molecule has 7 nitrogen and oxygen atoms in total. The Morgan fingerprint density at radius 3 is 2.54 bits per heavy atom. The second kappa shape index (κ2) is 11.2. The Morgan fingerprint density at radius 1 is 1.05 bits per heavy atom. The molecule has 0 aliphatic rings. The van der Waals surface area contributed by atoms with Crippen LogP contribution in [0.5, 0.6) is 0 Å². The minimum Gasteiger partial charge on any atom is -0.361 e. The zero-order valence-corrected chi connectivity index (χ0v) is 22.1. The van der Waals surface area contributed by atoms with Crippen molar-refractivity contribution in [2.45, 2.75) is 37.7 Å². The number of thioether (sulfide) groups is 1. The summed E-state index contributed by atoms with van der Waals surface area (Å²) in [4.78, 5) is 21.8. The number of aryl methyl sites for hydroxylation is 2. The van der Waals surface area contributed by atoms with Gasteiger partial charge in [-0.05, 0) is 61.7 Å². The molecular weight excluding hydrogens is 506 g/mol. The molecule has 0 aliphatic carbocycles. The zero-order valence-electron chi connectivity index (χ0n) is 20.6. The molecule has 0 atom stereocenters. The van der Waals surface area contributed by atoms with E-state index >= 15 is 0 Å². The first-order valence-corrected chi connectivity index (χ1v) is 13.3. The maximum atomic E-state index is 12.7. The van der Waals surface area contributed by atoms with E-state index in [9.17, 15) is 4.79 Å². The number of nitrogens with zero attached hydrogens (tertiary/aromatic N) is 4. The van der Waals surface area contributed by atoms with Crippen molar-refractivity contribution in [3.63, 3.8) is 0 Å². The van der Waals surface area contributed by atoms with Crippen LogP contribution in [-0.4, -0.2) is 32.1 Å². The minimum atomic E-state index is -0.102. The molecule has 0 aliphatic heterocycles. The summed E-state index contributed by atoms with van der Waals surface area (Å²) in [6.07, 6.45) is 4.28. The van der Waals surface area contributed by atoms with Gasteiger partial charge in [0.1, 0.15) is 5.76 Å². The van der Waals surface area contributed by atoms with Crippen LogP contribution in [0.2, 0.25) is 5.02 Å². The van der Waals surface area contributed by atoms with Crippen LogP contribution in [0.25, 0.3) is 11.0 Å². The predicted octanol–water partition coefficient (Wildman–Crippen LogP) is 6.00. The van der Waals surface area contributed by atoms with Crippen molar-refractivity contribution in [3.05, 3.63) is 106 Å². The number of halogens is 1. The van der Waals surface area contributed by atoms with Crippen LogP contribution in [-0.2, 0) is 18.7 Å². The van der Waals surface area contributed by atoms with Gasteiger partial charge in [0.25, 0.3) is 5.91 Å². The number of aromatic nitrogens is 4. The fourth-order valence-electron chi connectivity index (χ4n) is 4.15. The summed E-state index contributed by atoms with van der Waals surface area (Å²) in [6.45, 7) is 4.94. The number of amides is 1. The van der Waals surface area contributed by atoms with Gasteiger partial charge >= 0.3 is 0 Å². The van der Waals surface area contributed by atoms with E-state index in [1.165, 1.54) is 5.56 Å². The molecule has 3 heterocycles. The maximum Gasteiger partial charge on any atom is 0.251 e. The first kappa shape index (κ1) is 25.0. The number of hydrogen-bond acceptors (Lipinski definition) is 6. The van der Waals surface area contributed by atoms with E-state index in [0.29, 0.717) is 25.1 Å². The molecular formula is C28H26ClN5O2S. The van der Waals surface area contributed by atoms with Crippen molar-refractivity contribution in [1.29, 1.82) is 0 Å². The number of nitrogens with one attached hydrogen (secondary N) is 1. The van der Waals surface area contributed by atoms with E-state index in [1.54, 1.807) is 18.0 Å². The average Bonchev–Trinajstić information content (AvgIpc) is 3.43. The highest BCUT2D eigenvalue weighted by atomic mass is 35.5. The lowest BCUT2D eigenvalue weighted by molar-refractivity contribution is 0.0954. The molecule has 2 aromatic carbocycles. The molecule has 5 aromatic rings. The van der Waals surface area contributed by atoms with Crippen LogP contribution in [0.4, 0.5) is 0 Å². The topological polar surface area (TPSA) is 85.8 Å². The average molecular weight is 532 g/mol. The standard InChI is InChI=1S/C28H26ClN5O2S/c1-18-24(19(2)36-33-18)11-14-31-27(35)22-7-3-20(4-8-22)16-34-26-15-30-13-12-25(26)32-28(34)37-17-21-5-9-23(29)10-6-21/h3-10,12-13,15H,11,14,16-17H2,1-2H3,(H,31,35). The van der Waals surface area contributed by atoms with Gasteiger partial charge < -0.3 is 14.4 Å². The molecule has 5 rings (SSSR count). The fourth-order valence-corrected chi connectivity index (χ4v) is 5.24. The second-order valence-electron chi connectivity index (χ2n) is 8.77. The summed E-state index contributed by atoms with van der Waals surface area (Å²) in [5.41, 5.74) is 6.66. The molecule has 0 bridgehead atoms. The molecule has 9 heteroatoms. The highest BCUT2D eigenvalue weighted by molar-refractivity contribution is 7.98. The molecule has 0 saturated carbocycles. The number of rotatable bonds is 9. The lowest BCUT2D eigenvalue weighted by atomic mass is 10.1. The van der Waals surface area contributed by atoms with Crippen LogP contribution in [0.3, 0.4) is 0 Å². The van der Waals surface area contributed by atoms with Crippen molar-refractivity contribution in [3.8, 4) is 0 Å². The van der Waals surface area contributed by atoms with Gasteiger partial charge in [-0.2, -0.15) is 0 Å². The molecule has 0 fully saturated rings. The first-order chi connectivity index (χ1) is 18.0. The van der Waals surface area contributed by atoms with Crippen molar-refractivity contribution in [1.82, 2.24) is 25.0 Å². The lowest BCUT2D eigenvalue weighted by Gasteiger charge is -2.10. The maximum absolute atomic E-state index is 12.7. The third-order valence-electron chi connectivity index (χ3n) is 6.20. The van der Waals surface area contributed by atoms with Crippen molar-refractivity contribution >= 4 is 40.3 Å². The Hall–Kier alpha value is -3.62. The second-order valence-corrected chi connectivity index (χ2v) is 10.1. The molecule has 3 aromatic heterocycles. The van der Waals surface area contributed by atoms with E-state index in [4.69, 9.17) is 21.1 Å². The van der Waals surface area contributed by atoms with Gasteiger partial charge in [0.15, 0.2) is 5.16 Å². The summed E-state index contributed by atoms with van der Waals surface area (Å²) >= 11 is 7.70. The minimum absolute atomic E-state index is 0.102. The molecule has 1 N–H and O–H groups in total. The van der Waals surface area contributed by atoms with Gasteiger partial charge in [0.2, 0.25) is 0 Å². The van der Waals surface area contributed by atoms with Crippen LogP contribution >= 0.6 is 23.4 Å².